The van der Waals surface area contributed by atoms with Crippen molar-refractivity contribution >= 4 is 5.91 Å². The van der Waals surface area contributed by atoms with Crippen LogP contribution in [-0.4, -0.2) is 29.7 Å². The standard InChI is InChI=1S/C15H30N2O2/c1-4-14(5-2,10-16)13(18)17-11-15(19)8-6-12(3)7-9-15/h12,19H,4-11,16H2,1-3H3,(H,17,18). The number of hydrogen-bond donors (Lipinski definition) is 3. The van der Waals surface area contributed by atoms with E-state index < -0.39 is 11.0 Å². The molecule has 0 bridgehead atoms. The monoisotopic (exact) mass is 270 g/mol. The summed E-state index contributed by atoms with van der Waals surface area (Å²) in [4.78, 5) is 12.3. The van der Waals surface area contributed by atoms with Gasteiger partial charge in [0.1, 0.15) is 0 Å². The lowest BCUT2D eigenvalue weighted by molar-refractivity contribution is -0.132. The van der Waals surface area contributed by atoms with E-state index in [9.17, 15) is 9.90 Å². The first-order valence-electron chi connectivity index (χ1n) is 7.62. The Morgan fingerprint density at radius 3 is 2.32 bits per heavy atom. The molecule has 0 spiro atoms. The van der Waals surface area contributed by atoms with Gasteiger partial charge in [0.25, 0.3) is 0 Å². The van der Waals surface area contributed by atoms with Crippen LogP contribution in [0.3, 0.4) is 0 Å². The number of nitrogens with two attached hydrogens (primary N) is 1. The zero-order chi connectivity index (χ0) is 14.5. The largest absolute Gasteiger partial charge is 0.388 e. The van der Waals surface area contributed by atoms with Crippen molar-refractivity contribution in [3.63, 3.8) is 0 Å². The number of hydrogen-bond acceptors (Lipinski definition) is 3. The maximum Gasteiger partial charge on any atom is 0.227 e. The van der Waals surface area contributed by atoms with E-state index in [1.54, 1.807) is 0 Å². The Kier molecular flexibility index (Phi) is 5.81. The maximum atomic E-state index is 12.3. The first-order valence-corrected chi connectivity index (χ1v) is 7.62. The second kappa shape index (κ2) is 6.71. The molecule has 0 radical (unpaired) electrons. The fourth-order valence-electron chi connectivity index (χ4n) is 2.86. The van der Waals surface area contributed by atoms with Crippen molar-refractivity contribution in [2.45, 2.75) is 64.9 Å². The minimum absolute atomic E-state index is 0.00736. The zero-order valence-corrected chi connectivity index (χ0v) is 12.7. The molecule has 4 heteroatoms. The van der Waals surface area contributed by atoms with Gasteiger partial charge in [0.15, 0.2) is 0 Å². The molecule has 1 saturated carbocycles. The van der Waals surface area contributed by atoms with Gasteiger partial charge >= 0.3 is 0 Å². The fourth-order valence-corrected chi connectivity index (χ4v) is 2.86. The van der Waals surface area contributed by atoms with Gasteiger partial charge in [-0.1, -0.05) is 20.8 Å². The molecule has 0 aromatic heterocycles. The molecule has 1 aliphatic rings. The van der Waals surface area contributed by atoms with E-state index in [-0.39, 0.29) is 5.91 Å². The maximum absolute atomic E-state index is 12.3. The Bertz CT molecular complexity index is 284. The molecule has 1 rings (SSSR count). The molecule has 0 atom stereocenters. The van der Waals surface area contributed by atoms with Crippen LogP contribution in [0, 0.1) is 11.3 Å². The highest BCUT2D eigenvalue weighted by atomic mass is 16.3. The first kappa shape index (κ1) is 16.4. The smallest absolute Gasteiger partial charge is 0.227 e. The molecule has 0 aromatic carbocycles. The third-order valence-electron chi connectivity index (χ3n) is 5.01. The molecule has 1 aliphatic carbocycles. The molecule has 0 unspecified atom stereocenters. The summed E-state index contributed by atoms with van der Waals surface area (Å²) in [6.45, 7) is 6.92. The van der Waals surface area contributed by atoms with Crippen molar-refractivity contribution in [3.8, 4) is 0 Å². The Balaban J connectivity index is 2.53. The summed E-state index contributed by atoms with van der Waals surface area (Å²) in [6, 6.07) is 0. The molecule has 1 fully saturated rings. The first-order chi connectivity index (χ1) is 8.91. The fraction of sp³-hybridized carbons (Fsp3) is 0.933. The third-order valence-corrected chi connectivity index (χ3v) is 5.01. The van der Waals surface area contributed by atoms with Crippen molar-refractivity contribution in [1.82, 2.24) is 5.32 Å². The summed E-state index contributed by atoms with van der Waals surface area (Å²) < 4.78 is 0. The van der Waals surface area contributed by atoms with E-state index in [0.717, 1.165) is 38.5 Å². The van der Waals surface area contributed by atoms with Crippen LogP contribution in [0.1, 0.15) is 59.3 Å². The van der Waals surface area contributed by atoms with Gasteiger partial charge in [0.05, 0.1) is 11.0 Å². The molecule has 19 heavy (non-hydrogen) atoms. The average Bonchev–Trinajstić information content (AvgIpc) is 2.43. The Labute approximate surface area is 117 Å². The van der Waals surface area contributed by atoms with Crippen molar-refractivity contribution < 1.29 is 9.90 Å². The summed E-state index contributed by atoms with van der Waals surface area (Å²) in [7, 11) is 0. The van der Waals surface area contributed by atoms with E-state index in [4.69, 9.17) is 5.73 Å². The van der Waals surface area contributed by atoms with Gasteiger partial charge in [0.2, 0.25) is 5.91 Å². The number of amides is 1. The van der Waals surface area contributed by atoms with Gasteiger partial charge in [0, 0.05) is 13.1 Å². The van der Waals surface area contributed by atoms with E-state index in [0.29, 0.717) is 19.0 Å². The molecule has 112 valence electrons. The minimum Gasteiger partial charge on any atom is -0.388 e. The second-order valence-electron chi connectivity index (χ2n) is 6.28. The van der Waals surface area contributed by atoms with Gasteiger partial charge in [-0.05, 0) is 44.4 Å². The molecule has 1 amide bonds. The molecular weight excluding hydrogens is 240 g/mol. The topological polar surface area (TPSA) is 75.4 Å². The predicted molar refractivity (Wildman–Crippen MR) is 77.7 cm³/mol. The minimum atomic E-state index is -0.718. The second-order valence-corrected chi connectivity index (χ2v) is 6.28. The van der Waals surface area contributed by atoms with Crippen LogP contribution in [0.5, 0.6) is 0 Å². The molecule has 0 heterocycles. The molecule has 0 saturated heterocycles. The van der Waals surface area contributed by atoms with Crippen molar-refractivity contribution in [2.75, 3.05) is 13.1 Å². The highest BCUT2D eigenvalue weighted by Gasteiger charge is 2.36. The lowest BCUT2D eigenvalue weighted by Gasteiger charge is -2.36. The SMILES string of the molecule is CCC(CC)(CN)C(=O)NCC1(O)CCC(C)CC1. The van der Waals surface area contributed by atoms with E-state index >= 15 is 0 Å². The number of carbonyl (C=O) groups excluding carboxylic acids is 1. The zero-order valence-electron chi connectivity index (χ0n) is 12.7. The van der Waals surface area contributed by atoms with Crippen LogP contribution >= 0.6 is 0 Å². The third kappa shape index (κ3) is 3.93. The highest BCUT2D eigenvalue weighted by Crippen LogP contribution is 2.32. The van der Waals surface area contributed by atoms with Crippen LogP contribution < -0.4 is 11.1 Å². The van der Waals surface area contributed by atoms with Crippen LogP contribution in [-0.2, 0) is 4.79 Å². The van der Waals surface area contributed by atoms with Gasteiger partial charge < -0.3 is 16.2 Å². The number of nitrogens with one attached hydrogen (secondary N) is 1. The Morgan fingerprint density at radius 2 is 1.89 bits per heavy atom. The number of rotatable bonds is 6. The lowest BCUT2D eigenvalue weighted by atomic mass is 9.78. The Morgan fingerprint density at radius 1 is 1.37 bits per heavy atom. The molecule has 4 N–H and O–H groups in total. The van der Waals surface area contributed by atoms with E-state index in [2.05, 4.69) is 12.2 Å². The summed E-state index contributed by atoms with van der Waals surface area (Å²) in [6.07, 6.45) is 5.11. The molecular formula is C15H30N2O2. The van der Waals surface area contributed by atoms with Crippen molar-refractivity contribution in [3.05, 3.63) is 0 Å². The van der Waals surface area contributed by atoms with E-state index in [1.807, 2.05) is 13.8 Å². The predicted octanol–water partition coefficient (Wildman–Crippen LogP) is 1.81. The van der Waals surface area contributed by atoms with Crippen LogP contribution in [0.25, 0.3) is 0 Å². The number of aliphatic hydroxyl groups is 1. The lowest BCUT2D eigenvalue weighted by Crippen LogP contribution is -2.51. The summed E-state index contributed by atoms with van der Waals surface area (Å²) in [5.41, 5.74) is 4.57. The highest BCUT2D eigenvalue weighted by molar-refractivity contribution is 5.82. The Hall–Kier alpha value is -0.610. The molecule has 4 nitrogen and oxygen atoms in total. The van der Waals surface area contributed by atoms with Gasteiger partial charge in [-0.2, -0.15) is 0 Å². The van der Waals surface area contributed by atoms with Gasteiger partial charge in [-0.15, -0.1) is 0 Å². The normalized spacial score (nSPS) is 28.2. The van der Waals surface area contributed by atoms with Gasteiger partial charge in [-0.3, -0.25) is 4.79 Å². The molecule has 0 aliphatic heterocycles. The number of carbonyl (C=O) groups is 1. The van der Waals surface area contributed by atoms with Crippen LogP contribution in [0.4, 0.5) is 0 Å². The van der Waals surface area contributed by atoms with Crippen LogP contribution in [0.2, 0.25) is 0 Å². The quantitative estimate of drug-likeness (QED) is 0.689. The van der Waals surface area contributed by atoms with Crippen molar-refractivity contribution in [2.24, 2.45) is 17.1 Å². The summed E-state index contributed by atoms with van der Waals surface area (Å²) in [5.74, 6) is 0.678. The average molecular weight is 270 g/mol. The molecule has 0 aromatic rings. The van der Waals surface area contributed by atoms with Crippen molar-refractivity contribution in [1.29, 1.82) is 0 Å². The van der Waals surface area contributed by atoms with Crippen LogP contribution in [0.15, 0.2) is 0 Å². The summed E-state index contributed by atoms with van der Waals surface area (Å²) >= 11 is 0. The van der Waals surface area contributed by atoms with Gasteiger partial charge in [-0.25, -0.2) is 0 Å². The van der Waals surface area contributed by atoms with E-state index in [1.165, 1.54) is 0 Å². The summed E-state index contributed by atoms with van der Waals surface area (Å²) in [5, 5.41) is 13.4.